The van der Waals surface area contributed by atoms with Crippen molar-refractivity contribution in [2.45, 2.75) is 69.3 Å². The van der Waals surface area contributed by atoms with E-state index in [1.54, 1.807) is 0 Å². The van der Waals surface area contributed by atoms with Crippen molar-refractivity contribution in [3.63, 3.8) is 0 Å². The molecule has 0 amide bonds. The van der Waals surface area contributed by atoms with Gasteiger partial charge in [0.05, 0.1) is 11.3 Å². The summed E-state index contributed by atoms with van der Waals surface area (Å²) in [5.74, 6) is 2.31. The van der Waals surface area contributed by atoms with E-state index in [9.17, 15) is 0 Å². The number of aromatic nitrogens is 3. The molecule has 0 aromatic carbocycles. The molecule has 3 heterocycles. The first kappa shape index (κ1) is 13.7. The number of hydrogen-bond acceptors (Lipinski definition) is 6. The normalized spacial score (nSPS) is 26.0. The van der Waals surface area contributed by atoms with Gasteiger partial charge in [-0.3, -0.25) is 0 Å². The zero-order chi connectivity index (χ0) is 15.3. The second-order valence-electron chi connectivity index (χ2n) is 7.18. The third-order valence-electron chi connectivity index (χ3n) is 5.72. The van der Waals surface area contributed by atoms with Gasteiger partial charge in [0.25, 0.3) is 5.89 Å². The lowest BCUT2D eigenvalue weighted by molar-refractivity contribution is -0.134. The van der Waals surface area contributed by atoms with Gasteiger partial charge >= 0.3 is 0 Å². The molecule has 1 saturated carbocycles. The predicted octanol–water partition coefficient (Wildman–Crippen LogP) is 3.42. The van der Waals surface area contributed by atoms with Crippen molar-refractivity contribution in [1.29, 1.82) is 0 Å². The van der Waals surface area contributed by atoms with E-state index in [-0.39, 0.29) is 5.60 Å². The maximum absolute atomic E-state index is 5.99. The van der Waals surface area contributed by atoms with Crippen LogP contribution in [0.4, 0.5) is 0 Å². The summed E-state index contributed by atoms with van der Waals surface area (Å²) in [6, 6.07) is 0. The van der Waals surface area contributed by atoms with Crippen LogP contribution in [-0.4, -0.2) is 27.5 Å². The average molecular weight is 315 g/mol. The minimum atomic E-state index is 0.0924. The highest BCUT2D eigenvalue weighted by molar-refractivity contribution is 5.52. The van der Waals surface area contributed by atoms with E-state index in [1.807, 2.05) is 0 Å². The quantitative estimate of drug-likeness (QED) is 0.845. The summed E-state index contributed by atoms with van der Waals surface area (Å²) in [5, 5.41) is 8.42. The molecule has 1 atom stereocenters. The van der Waals surface area contributed by atoms with E-state index in [0.717, 1.165) is 49.4 Å². The second kappa shape index (κ2) is 5.16. The van der Waals surface area contributed by atoms with Gasteiger partial charge in [-0.15, -0.1) is 0 Å². The SMILES string of the molecule is C1CCc2c(noc2-c2nc(C3CCOC4(CCC4)C3)no2)C1. The lowest BCUT2D eigenvalue weighted by Gasteiger charge is -2.46. The van der Waals surface area contributed by atoms with E-state index < -0.39 is 0 Å². The molecular weight excluding hydrogens is 294 g/mol. The van der Waals surface area contributed by atoms with Crippen molar-refractivity contribution in [1.82, 2.24) is 15.3 Å². The maximum Gasteiger partial charge on any atom is 0.296 e. The van der Waals surface area contributed by atoms with Crippen LogP contribution >= 0.6 is 0 Å². The minimum Gasteiger partial charge on any atom is -0.375 e. The molecular formula is C17H21N3O3. The first-order valence-electron chi connectivity index (χ1n) is 8.78. The molecule has 2 aromatic heterocycles. The van der Waals surface area contributed by atoms with E-state index in [2.05, 4.69) is 15.3 Å². The summed E-state index contributed by atoms with van der Waals surface area (Å²) in [6.45, 7) is 0.798. The van der Waals surface area contributed by atoms with Crippen molar-refractivity contribution < 1.29 is 13.8 Å². The van der Waals surface area contributed by atoms with Gasteiger partial charge < -0.3 is 13.8 Å². The molecule has 0 radical (unpaired) electrons. The molecule has 1 saturated heterocycles. The van der Waals surface area contributed by atoms with Crippen molar-refractivity contribution in [2.75, 3.05) is 6.61 Å². The van der Waals surface area contributed by atoms with Crippen LogP contribution in [0.1, 0.15) is 67.9 Å². The number of aryl methyl sites for hydroxylation is 1. The summed E-state index contributed by atoms with van der Waals surface area (Å²) >= 11 is 0. The van der Waals surface area contributed by atoms with Crippen LogP contribution in [0.15, 0.2) is 9.05 Å². The minimum absolute atomic E-state index is 0.0924. The summed E-state index contributed by atoms with van der Waals surface area (Å²) in [5.41, 5.74) is 2.31. The Labute approximate surface area is 134 Å². The molecule has 1 spiro atoms. The first-order chi connectivity index (χ1) is 11.3. The van der Waals surface area contributed by atoms with Gasteiger partial charge in [0.1, 0.15) is 0 Å². The Morgan fingerprint density at radius 2 is 1.91 bits per heavy atom. The predicted molar refractivity (Wildman–Crippen MR) is 80.9 cm³/mol. The third-order valence-corrected chi connectivity index (χ3v) is 5.72. The molecule has 23 heavy (non-hydrogen) atoms. The lowest BCUT2D eigenvalue weighted by atomic mass is 9.72. The monoisotopic (exact) mass is 315 g/mol. The largest absolute Gasteiger partial charge is 0.375 e. The Bertz CT molecular complexity index is 716. The highest BCUT2D eigenvalue weighted by Crippen LogP contribution is 2.46. The smallest absolute Gasteiger partial charge is 0.296 e. The molecule has 2 aliphatic carbocycles. The summed E-state index contributed by atoms with van der Waals surface area (Å²) < 4.78 is 17.0. The van der Waals surface area contributed by atoms with E-state index in [0.29, 0.717) is 17.6 Å². The fourth-order valence-corrected chi connectivity index (χ4v) is 4.22. The Balaban J connectivity index is 1.41. The first-order valence-corrected chi connectivity index (χ1v) is 8.78. The molecule has 3 aliphatic rings. The van der Waals surface area contributed by atoms with Crippen molar-refractivity contribution in [3.05, 3.63) is 17.1 Å². The van der Waals surface area contributed by atoms with Crippen LogP contribution in [0.3, 0.4) is 0 Å². The van der Waals surface area contributed by atoms with Crippen molar-refractivity contribution >= 4 is 0 Å². The zero-order valence-corrected chi connectivity index (χ0v) is 13.2. The number of hydrogen-bond donors (Lipinski definition) is 0. The van der Waals surface area contributed by atoms with Crippen LogP contribution in [0.25, 0.3) is 11.7 Å². The van der Waals surface area contributed by atoms with Crippen molar-refractivity contribution in [2.24, 2.45) is 0 Å². The molecule has 6 heteroatoms. The fraction of sp³-hybridized carbons (Fsp3) is 0.706. The summed E-state index contributed by atoms with van der Waals surface area (Å²) in [4.78, 5) is 4.64. The highest BCUT2D eigenvalue weighted by Gasteiger charge is 2.44. The summed E-state index contributed by atoms with van der Waals surface area (Å²) in [7, 11) is 0. The molecule has 2 fully saturated rings. The van der Waals surface area contributed by atoms with Gasteiger partial charge in [-0.05, 0) is 57.8 Å². The fourth-order valence-electron chi connectivity index (χ4n) is 4.22. The molecule has 0 bridgehead atoms. The van der Waals surface area contributed by atoms with Gasteiger partial charge in [-0.25, -0.2) is 0 Å². The molecule has 0 N–H and O–H groups in total. The zero-order valence-electron chi connectivity index (χ0n) is 13.2. The molecule has 5 rings (SSSR count). The standard InChI is InChI=1S/C17H21N3O3/c1-2-5-13-12(4-1)14(22-19-13)16-18-15(20-23-16)11-6-9-21-17(10-11)7-3-8-17/h11H,1-10H2. The number of ether oxygens (including phenoxy) is 1. The molecule has 6 nitrogen and oxygen atoms in total. The van der Waals surface area contributed by atoms with Gasteiger partial charge in [0.15, 0.2) is 5.82 Å². The van der Waals surface area contributed by atoms with Crippen molar-refractivity contribution in [3.8, 4) is 11.7 Å². The lowest BCUT2D eigenvalue weighted by Crippen LogP contribution is -2.45. The van der Waals surface area contributed by atoms with Crippen LogP contribution in [-0.2, 0) is 17.6 Å². The second-order valence-corrected chi connectivity index (χ2v) is 7.18. The Morgan fingerprint density at radius 3 is 2.78 bits per heavy atom. The average Bonchev–Trinajstić information content (AvgIpc) is 3.20. The third kappa shape index (κ3) is 2.23. The van der Waals surface area contributed by atoms with E-state index in [1.165, 1.54) is 32.1 Å². The molecule has 1 unspecified atom stereocenters. The van der Waals surface area contributed by atoms with Crippen LogP contribution < -0.4 is 0 Å². The van der Waals surface area contributed by atoms with Gasteiger partial charge in [-0.1, -0.05) is 10.3 Å². The topological polar surface area (TPSA) is 74.2 Å². The van der Waals surface area contributed by atoms with Crippen LogP contribution in [0, 0.1) is 0 Å². The maximum atomic E-state index is 5.99. The highest BCUT2D eigenvalue weighted by atomic mass is 16.5. The number of nitrogens with zero attached hydrogens (tertiary/aromatic N) is 3. The van der Waals surface area contributed by atoms with Gasteiger partial charge in [0.2, 0.25) is 5.76 Å². The molecule has 2 aromatic rings. The van der Waals surface area contributed by atoms with Crippen LogP contribution in [0.2, 0.25) is 0 Å². The molecule has 1 aliphatic heterocycles. The van der Waals surface area contributed by atoms with Gasteiger partial charge in [0, 0.05) is 18.1 Å². The Hall–Kier alpha value is -1.69. The molecule has 122 valence electrons. The number of rotatable bonds is 2. The van der Waals surface area contributed by atoms with E-state index >= 15 is 0 Å². The number of fused-ring (bicyclic) bond motifs is 1. The van der Waals surface area contributed by atoms with Gasteiger partial charge in [-0.2, -0.15) is 4.98 Å². The Morgan fingerprint density at radius 1 is 1.00 bits per heavy atom. The Kier molecular flexibility index (Phi) is 3.08. The summed E-state index contributed by atoms with van der Waals surface area (Å²) in [6.07, 6.45) is 9.93. The van der Waals surface area contributed by atoms with Crippen LogP contribution in [0.5, 0.6) is 0 Å². The van der Waals surface area contributed by atoms with E-state index in [4.69, 9.17) is 13.8 Å².